The molecule has 26 heteroatoms. The van der Waals surface area contributed by atoms with Crippen LogP contribution in [0.5, 0.6) is 0 Å². The fourth-order valence-corrected chi connectivity index (χ4v) is 21.7. The number of nitrogens with zero attached hydrogens (tertiary/aromatic N) is 20. The van der Waals surface area contributed by atoms with E-state index in [0.29, 0.717) is 0 Å². The van der Waals surface area contributed by atoms with Crippen LogP contribution in [0.2, 0.25) is 0 Å². The van der Waals surface area contributed by atoms with Gasteiger partial charge in [0.1, 0.15) is 23.3 Å². The molecule has 0 N–H and O–H groups in total. The molecule has 724 valence electrons. The molecule has 0 atom stereocenters. The van der Waals surface area contributed by atoms with Crippen molar-refractivity contribution in [2.24, 2.45) is 40.3 Å². The van der Waals surface area contributed by atoms with E-state index in [1.165, 1.54) is 0 Å². The number of hydrogen-bond acceptors (Lipinski definition) is 14. The van der Waals surface area contributed by atoms with Gasteiger partial charge >= 0.3 is 76.0 Å². The molecule has 12 aromatic heterocycles. The summed E-state index contributed by atoms with van der Waals surface area (Å²) >= 11 is 3.14. The Balaban J connectivity index is 0.000000122. The van der Waals surface area contributed by atoms with Gasteiger partial charge in [0.25, 0.3) is 0 Å². The number of anilines is 5. The zero-order chi connectivity index (χ0) is 96.4. The fraction of sp³-hybridized carbons (Fsp3) is 0.203. The summed E-state index contributed by atoms with van der Waals surface area (Å²) < 4.78 is 8.53. The van der Waals surface area contributed by atoms with Crippen LogP contribution in [-0.2, 0) is 112 Å². The van der Waals surface area contributed by atoms with Crippen LogP contribution in [0, 0.1) is 40.5 Å². The molecule has 6 aliphatic rings. The Labute approximate surface area is 896 Å². The molecule has 6 aliphatic heterocycles. The number of pyridine rings is 2. The first-order chi connectivity index (χ1) is 67.3. The molecule has 0 amide bonds. The van der Waals surface area contributed by atoms with Crippen molar-refractivity contribution in [1.29, 1.82) is 0 Å². The smallest absolute Gasteiger partial charge is 0.659 e. The zero-order valence-corrected chi connectivity index (χ0v) is 90.5. The van der Waals surface area contributed by atoms with E-state index in [2.05, 4.69) is 344 Å². The van der Waals surface area contributed by atoms with Gasteiger partial charge in [-0.1, -0.05) is 239 Å². The van der Waals surface area contributed by atoms with Gasteiger partial charge in [0.05, 0.1) is 28.2 Å². The van der Waals surface area contributed by atoms with Gasteiger partial charge in [-0.25, -0.2) is 19.9 Å². The largest absolute Gasteiger partial charge is 2.00 e. The van der Waals surface area contributed by atoms with Gasteiger partial charge in [-0.2, -0.15) is 11.4 Å². The summed E-state index contributed by atoms with van der Waals surface area (Å²) in [5.74, 6) is 3.58. The molecule has 8 aromatic carbocycles. The number of aryl methyl sites for hydroxylation is 2. The van der Waals surface area contributed by atoms with E-state index in [1.807, 2.05) is 109 Å². The van der Waals surface area contributed by atoms with Gasteiger partial charge in [0.2, 0.25) is 0 Å². The van der Waals surface area contributed by atoms with Crippen LogP contribution < -0.4 is 29.7 Å². The molecule has 26 rings (SSSR count). The van der Waals surface area contributed by atoms with E-state index in [-0.39, 0.29) is 103 Å². The number of rotatable bonds is 3. The van der Waals surface area contributed by atoms with Crippen molar-refractivity contribution < 1.29 is 76.0 Å². The predicted molar refractivity (Wildman–Crippen MR) is 562 cm³/mol. The van der Waals surface area contributed by atoms with Gasteiger partial charge < -0.3 is 63.1 Å². The van der Waals surface area contributed by atoms with Crippen molar-refractivity contribution in [1.82, 2.24) is 78.1 Å². The number of imidazole rings is 4. The summed E-state index contributed by atoms with van der Waals surface area (Å²) in [6.45, 7) is 31.2. The molecule has 0 fully saturated rings. The number of aliphatic imine (C=N–C) groups is 2. The average Bonchev–Trinajstić information content (AvgIpc) is 1.56. The first-order valence-corrected chi connectivity index (χ1v) is 48.9. The molecule has 144 heavy (non-hydrogen) atoms. The van der Waals surface area contributed by atoms with Crippen molar-refractivity contribution in [3.63, 3.8) is 0 Å². The maximum atomic E-state index is 5.44. The maximum Gasteiger partial charge on any atom is 2.00 e. The molecule has 0 saturated heterocycles. The Bertz CT molecular complexity index is 7990. The van der Waals surface area contributed by atoms with E-state index >= 15 is 0 Å². The number of fused-ring (bicyclic) bond motifs is 48. The molecule has 20 nitrogen and oxygen atoms in total. The van der Waals surface area contributed by atoms with Gasteiger partial charge in [-0.15, -0.1) is 151 Å². The minimum atomic E-state index is -0.623. The predicted octanol–water partition coefficient (Wildman–Crippen LogP) is 25.9. The number of para-hydroxylation sites is 3. The Morgan fingerprint density at radius 1 is 0.340 bits per heavy atom. The van der Waals surface area contributed by atoms with Crippen molar-refractivity contribution >= 4 is 83.0 Å². The van der Waals surface area contributed by atoms with Gasteiger partial charge in [0, 0.05) is 102 Å². The zero-order valence-electron chi connectivity index (χ0n) is 82.3. The summed E-state index contributed by atoms with van der Waals surface area (Å²) in [5.41, 5.74) is 27.4. The summed E-state index contributed by atoms with van der Waals surface area (Å²) in [5, 5.41) is 10.2. The van der Waals surface area contributed by atoms with E-state index in [9.17, 15) is 0 Å². The Hall–Kier alpha value is -13.4. The van der Waals surface area contributed by atoms with Crippen LogP contribution in [0.3, 0.4) is 0 Å². The molecule has 18 heterocycles. The third-order valence-corrected chi connectivity index (χ3v) is 30.0. The molecular formula is C118H100CoCuN20Pt2S2. The Morgan fingerprint density at radius 3 is 1.17 bits per heavy atom. The van der Waals surface area contributed by atoms with Crippen molar-refractivity contribution in [3.05, 3.63) is 389 Å². The quantitative estimate of drug-likeness (QED) is 0.119. The molecule has 0 saturated carbocycles. The Morgan fingerprint density at radius 2 is 0.743 bits per heavy atom. The van der Waals surface area contributed by atoms with Crippen molar-refractivity contribution in [2.45, 2.75) is 119 Å². The standard InChI is InChI=1S/C40H32N6.C30H32N2.C25H22N6.C23H14N6S2.Co.Cu.2Pt/c1-39(2)35-29-21-13-11-19-27(29)33(43-35)31-23-45(25-15-7-5-8-16-25)37(41-31)40(3,4)38-42-32(24-46(38)26-17-9-6-10-18-26)34-28-20-12-14-22-30(28)36(39)44-34;1-27(2)17-23-30(7,8)24-18-28(3,4)26(32-24)20-12-10-14-22(16-20)29(5,6)21-13-9-11-19(15-21)25(27)31-23;1-25(2)21-10-8-17(26-21)19-13-30(3)23(28-19)15-6-5-7-16(12-15)24-29-20(14-31(24)4)18-9-11-22(25)27-18;1-28-22-26-20(13-30-22)15-7-18(11-24-9-15)29(17-5-3-2-4-6-17)19-8-16(10-25-12-19)21-14-31-23(28)27-21;;;;/h5-24H,1-4H3;9-14,17-18H,1-8H3;5-14H,1-4H3;2-6,9-14H,1H3;;;;/q4*-2;4*+2. The molecular weight excluding hydrogens is 2270 g/mol. The second-order valence-corrected chi connectivity index (χ2v) is 42.3. The summed E-state index contributed by atoms with van der Waals surface area (Å²) in [6, 6.07) is 92.0. The molecule has 0 aliphatic carbocycles. The summed E-state index contributed by atoms with van der Waals surface area (Å²) in [4.78, 5) is 74.6. The number of benzene rings is 8. The first-order valence-electron chi connectivity index (χ1n) is 47.2. The van der Waals surface area contributed by atoms with Crippen LogP contribution in [0.4, 0.5) is 27.3 Å². The Kier molecular flexibility index (Phi) is 26.0. The van der Waals surface area contributed by atoms with Crippen molar-refractivity contribution in [3.8, 4) is 102 Å². The molecule has 20 aromatic rings. The van der Waals surface area contributed by atoms with E-state index in [4.69, 9.17) is 59.8 Å². The third kappa shape index (κ3) is 17.2. The number of thiazole rings is 2. The second kappa shape index (κ2) is 37.7. The van der Waals surface area contributed by atoms with Gasteiger partial charge in [-0.05, 0) is 165 Å². The van der Waals surface area contributed by atoms with Crippen LogP contribution in [0.15, 0.2) is 318 Å². The van der Waals surface area contributed by atoms with Crippen LogP contribution in [0.1, 0.15) is 154 Å². The normalized spacial score (nSPS) is 15.7. The summed E-state index contributed by atoms with van der Waals surface area (Å²) in [7, 11) is 6.02. The van der Waals surface area contributed by atoms with Crippen LogP contribution >= 0.6 is 22.7 Å². The van der Waals surface area contributed by atoms with E-state index < -0.39 is 10.8 Å². The maximum absolute atomic E-state index is 5.44. The minimum absolute atomic E-state index is 0. The summed E-state index contributed by atoms with van der Waals surface area (Å²) in [6.07, 6.45) is 20.2. The molecule has 0 unspecified atom stereocenters. The van der Waals surface area contributed by atoms with Crippen LogP contribution in [-0.4, -0.2) is 76.6 Å². The van der Waals surface area contributed by atoms with E-state index in [0.717, 1.165) is 231 Å². The molecule has 2 radical (unpaired) electrons. The third-order valence-electron chi connectivity index (χ3n) is 28.1. The SMILES string of the molecule is CC1(C)C=C2N=C1c1[c-]c(ccc1)C(C)(C)c1[c-]c(ccc1)C1=NC(=CC1(C)C)C2(C)C.CC1(C)c2[n-]c(c3ccccc23)-c2cn(-c3ccccc3)c(n2)C(C)(C)c2nc(cn2-c2ccccc2)-c2[n-]c1c1ccccc21.CN1c2nc(cs2)-c2[c-]c(cnc2)N(c2ccccc2)c2[c-]c(cnc2)-c2csc1n2.Cn1cc2nc1-c1cccc(c1)-c1nc(cn1C)-c1ccc([n-]1)C(C)(C)c1ccc-2[n-]1.[Co+2].[Cu+2].[Pt+2].[Pt+2]. The fourth-order valence-electron chi connectivity index (χ4n) is 20.1. The molecule has 34 bridgehead atoms. The van der Waals surface area contributed by atoms with E-state index in [1.54, 1.807) is 47.5 Å². The van der Waals surface area contributed by atoms with Gasteiger partial charge in [0.15, 0.2) is 10.3 Å². The molecule has 0 spiro atoms. The number of aromatic nitrogens is 16. The number of allylic oxidation sites excluding steroid dienone is 2. The number of hydrogen-bond donors (Lipinski definition) is 0. The minimum Gasteiger partial charge on any atom is -0.659 e. The average molecular weight is 2380 g/mol. The monoisotopic (exact) mass is 2370 g/mol. The van der Waals surface area contributed by atoms with Crippen LogP contribution in [0.25, 0.3) is 124 Å². The topological polar surface area (TPSA) is 210 Å². The van der Waals surface area contributed by atoms with Gasteiger partial charge in [-0.3, -0.25) is 14.9 Å². The first kappa shape index (κ1) is 99.4. The van der Waals surface area contributed by atoms with Crippen molar-refractivity contribution in [2.75, 3.05) is 16.8 Å². The second-order valence-electron chi connectivity index (χ2n) is 40.6.